The third-order valence-electron chi connectivity index (χ3n) is 5.97. The van der Waals surface area contributed by atoms with Gasteiger partial charge in [-0.25, -0.2) is 4.99 Å². The van der Waals surface area contributed by atoms with Crippen molar-refractivity contribution in [2.75, 3.05) is 25.0 Å². The fourth-order valence-corrected chi connectivity index (χ4v) is 4.28. The number of benzene rings is 1. The molecule has 0 bridgehead atoms. The molecule has 2 aliphatic rings. The molecule has 1 aliphatic carbocycles. The molecule has 1 saturated heterocycles. The molecule has 0 radical (unpaired) electrons. The Kier molecular flexibility index (Phi) is 7.74. The summed E-state index contributed by atoms with van der Waals surface area (Å²) in [6.45, 7) is 6.00. The quantitative estimate of drug-likeness (QED) is 0.346. The first-order valence-corrected chi connectivity index (χ1v) is 10.6. The molecule has 1 saturated carbocycles. The lowest BCUT2D eigenvalue weighted by Crippen LogP contribution is -2.42. The van der Waals surface area contributed by atoms with Crippen molar-refractivity contribution >= 4 is 41.5 Å². The summed E-state index contributed by atoms with van der Waals surface area (Å²) < 4.78 is 1.61. The summed E-state index contributed by atoms with van der Waals surface area (Å²) in [6, 6.07) is 9.71. The van der Waals surface area contributed by atoms with Gasteiger partial charge in [-0.05, 0) is 55.4 Å². The molecule has 0 unspecified atom stereocenters. The first-order valence-electron chi connectivity index (χ1n) is 10.6. The number of nitrogens with one attached hydrogen (secondary N) is 2. The first-order chi connectivity index (χ1) is 14.2. The summed E-state index contributed by atoms with van der Waals surface area (Å²) in [5.74, 6) is 0.912. The molecular weight excluding hydrogens is 491 g/mol. The van der Waals surface area contributed by atoms with Gasteiger partial charge < -0.3 is 15.5 Å². The van der Waals surface area contributed by atoms with Crippen LogP contribution in [0.25, 0.3) is 0 Å². The molecule has 4 rings (SSSR count). The van der Waals surface area contributed by atoms with E-state index in [1.165, 1.54) is 25.7 Å². The highest BCUT2D eigenvalue weighted by atomic mass is 127. The van der Waals surface area contributed by atoms with Gasteiger partial charge in [0.25, 0.3) is 0 Å². The van der Waals surface area contributed by atoms with Crippen LogP contribution >= 0.6 is 24.0 Å². The number of likely N-dealkylation sites (tertiary alicyclic amines) is 1. The Labute approximate surface area is 195 Å². The first kappa shape index (κ1) is 22.6. The number of halogens is 1. The van der Waals surface area contributed by atoms with Gasteiger partial charge in [0.15, 0.2) is 5.96 Å². The van der Waals surface area contributed by atoms with Crippen LogP contribution in [-0.4, -0.2) is 46.2 Å². The van der Waals surface area contributed by atoms with E-state index in [1.54, 1.807) is 23.1 Å². The maximum absolute atomic E-state index is 12.2. The number of carbonyl (C=O) groups excluding carboxylic acids is 1. The summed E-state index contributed by atoms with van der Waals surface area (Å²) in [5, 5.41) is 10.5. The smallest absolute Gasteiger partial charge is 0.246 e. The second kappa shape index (κ2) is 10.3. The highest BCUT2D eigenvalue weighted by molar-refractivity contribution is 14.0. The van der Waals surface area contributed by atoms with E-state index in [1.807, 2.05) is 24.3 Å². The van der Waals surface area contributed by atoms with Crippen molar-refractivity contribution in [2.24, 2.45) is 10.4 Å². The molecule has 7 nitrogen and oxygen atoms in total. The van der Waals surface area contributed by atoms with Crippen LogP contribution < -0.4 is 10.6 Å². The SMILES string of the molecule is CCNC(=NCc1cccc(NC(=O)Cn2cccn2)c1)N1CCC2(CCC2)C1.I. The van der Waals surface area contributed by atoms with E-state index in [9.17, 15) is 4.79 Å². The Morgan fingerprint density at radius 1 is 1.27 bits per heavy atom. The minimum Gasteiger partial charge on any atom is -0.357 e. The average molecular weight is 522 g/mol. The number of aliphatic imine (C=N–C) groups is 1. The number of hydrogen-bond acceptors (Lipinski definition) is 3. The number of nitrogens with zero attached hydrogens (tertiary/aromatic N) is 4. The monoisotopic (exact) mass is 522 g/mol. The van der Waals surface area contributed by atoms with Crippen LogP contribution in [0.2, 0.25) is 0 Å². The van der Waals surface area contributed by atoms with Gasteiger partial charge in [0, 0.05) is 37.7 Å². The minimum absolute atomic E-state index is 0. The van der Waals surface area contributed by atoms with Crippen molar-refractivity contribution < 1.29 is 4.79 Å². The van der Waals surface area contributed by atoms with Gasteiger partial charge in [-0.15, -0.1) is 24.0 Å². The maximum atomic E-state index is 12.2. The summed E-state index contributed by atoms with van der Waals surface area (Å²) in [6.07, 6.45) is 8.84. The lowest BCUT2D eigenvalue weighted by atomic mass is 9.68. The number of guanidine groups is 1. The molecule has 2 N–H and O–H groups in total. The Balaban J connectivity index is 0.00000256. The van der Waals surface area contributed by atoms with Crippen molar-refractivity contribution in [3.63, 3.8) is 0 Å². The number of hydrogen-bond donors (Lipinski definition) is 2. The lowest BCUT2D eigenvalue weighted by molar-refractivity contribution is -0.116. The molecule has 1 aliphatic heterocycles. The zero-order chi connectivity index (χ0) is 20.1. The van der Waals surface area contributed by atoms with Crippen LogP contribution in [0, 0.1) is 5.41 Å². The molecule has 1 aromatic carbocycles. The molecule has 1 spiro atoms. The average Bonchev–Trinajstić information content (AvgIpc) is 3.35. The van der Waals surface area contributed by atoms with Gasteiger partial charge in [-0.1, -0.05) is 18.6 Å². The van der Waals surface area contributed by atoms with Crippen molar-refractivity contribution in [1.29, 1.82) is 0 Å². The van der Waals surface area contributed by atoms with Gasteiger partial charge in [-0.3, -0.25) is 9.48 Å². The number of aromatic nitrogens is 2. The molecule has 0 atom stereocenters. The van der Waals surface area contributed by atoms with E-state index < -0.39 is 0 Å². The van der Waals surface area contributed by atoms with Gasteiger partial charge in [0.2, 0.25) is 5.91 Å². The fourth-order valence-electron chi connectivity index (χ4n) is 4.28. The molecular formula is C22H31IN6O. The second-order valence-electron chi connectivity index (χ2n) is 8.15. The number of amides is 1. The molecule has 2 heterocycles. The minimum atomic E-state index is -0.0921. The van der Waals surface area contributed by atoms with Gasteiger partial charge in [-0.2, -0.15) is 5.10 Å². The Morgan fingerprint density at radius 2 is 2.13 bits per heavy atom. The van der Waals surface area contributed by atoms with Gasteiger partial charge in [0.1, 0.15) is 6.54 Å². The highest BCUT2D eigenvalue weighted by Gasteiger charge is 2.43. The summed E-state index contributed by atoms with van der Waals surface area (Å²) in [7, 11) is 0. The third-order valence-corrected chi connectivity index (χ3v) is 5.97. The molecule has 30 heavy (non-hydrogen) atoms. The number of rotatable bonds is 6. The van der Waals surface area contributed by atoms with Crippen LogP contribution in [0.3, 0.4) is 0 Å². The molecule has 1 aromatic heterocycles. The standard InChI is InChI=1S/C22H30N6O.HI/c1-2-23-21(27-13-10-22(17-27)8-4-9-22)24-15-18-6-3-7-19(14-18)26-20(29)16-28-12-5-11-25-28;/h3,5-7,11-12,14H,2,4,8-10,13,15-17H2,1H3,(H,23,24)(H,26,29);1H. The molecule has 2 aromatic rings. The zero-order valence-electron chi connectivity index (χ0n) is 17.5. The van der Waals surface area contributed by atoms with Crippen LogP contribution in [0.5, 0.6) is 0 Å². The Bertz CT molecular complexity index is 862. The Hall–Kier alpha value is -2.10. The van der Waals surface area contributed by atoms with Crippen molar-refractivity contribution in [1.82, 2.24) is 20.0 Å². The molecule has 162 valence electrons. The highest BCUT2D eigenvalue weighted by Crippen LogP contribution is 2.47. The zero-order valence-corrected chi connectivity index (χ0v) is 19.8. The van der Waals surface area contributed by atoms with E-state index >= 15 is 0 Å². The lowest BCUT2D eigenvalue weighted by Gasteiger charge is -2.38. The molecule has 2 fully saturated rings. The van der Waals surface area contributed by atoms with E-state index in [0.29, 0.717) is 12.0 Å². The fraction of sp³-hybridized carbons (Fsp3) is 0.500. The largest absolute Gasteiger partial charge is 0.357 e. The van der Waals surface area contributed by atoms with Crippen LogP contribution in [0.1, 0.15) is 38.2 Å². The maximum Gasteiger partial charge on any atom is 0.246 e. The van der Waals surface area contributed by atoms with Crippen molar-refractivity contribution in [3.8, 4) is 0 Å². The van der Waals surface area contributed by atoms with E-state index in [4.69, 9.17) is 4.99 Å². The van der Waals surface area contributed by atoms with Gasteiger partial charge >= 0.3 is 0 Å². The second-order valence-corrected chi connectivity index (χ2v) is 8.15. The third kappa shape index (κ3) is 5.53. The van der Waals surface area contributed by atoms with Crippen molar-refractivity contribution in [3.05, 3.63) is 48.3 Å². The van der Waals surface area contributed by atoms with Crippen LogP contribution in [0.15, 0.2) is 47.7 Å². The molecule has 8 heteroatoms. The number of carbonyl (C=O) groups is 1. The van der Waals surface area contributed by atoms with Crippen molar-refractivity contribution in [2.45, 2.75) is 45.7 Å². The van der Waals surface area contributed by atoms with Gasteiger partial charge in [0.05, 0.1) is 6.54 Å². The number of anilines is 1. The van der Waals surface area contributed by atoms with E-state index in [0.717, 1.165) is 36.8 Å². The predicted molar refractivity (Wildman–Crippen MR) is 130 cm³/mol. The topological polar surface area (TPSA) is 74.5 Å². The Morgan fingerprint density at radius 3 is 2.80 bits per heavy atom. The summed E-state index contributed by atoms with van der Waals surface area (Å²) in [5.41, 5.74) is 2.42. The van der Waals surface area contributed by atoms with E-state index in [-0.39, 0.29) is 36.4 Å². The predicted octanol–water partition coefficient (Wildman–Crippen LogP) is 3.48. The summed E-state index contributed by atoms with van der Waals surface area (Å²) in [4.78, 5) is 19.5. The summed E-state index contributed by atoms with van der Waals surface area (Å²) >= 11 is 0. The normalized spacial score (nSPS) is 17.4. The molecule has 1 amide bonds. The van der Waals surface area contributed by atoms with Crippen LogP contribution in [-0.2, 0) is 17.9 Å². The van der Waals surface area contributed by atoms with E-state index in [2.05, 4.69) is 27.6 Å². The van der Waals surface area contributed by atoms with Crippen LogP contribution in [0.4, 0.5) is 5.69 Å².